The van der Waals surface area contributed by atoms with Gasteiger partial charge in [0.15, 0.2) is 10.6 Å². The molecule has 0 amide bonds. The summed E-state index contributed by atoms with van der Waals surface area (Å²) in [5, 5.41) is 11.7. The predicted molar refractivity (Wildman–Crippen MR) is 52.2 cm³/mol. The van der Waals surface area contributed by atoms with Crippen LogP contribution in [0.5, 0.6) is 0 Å². The maximum Gasteiger partial charge on any atom is 0.240 e. The molecule has 0 radical (unpaired) electrons. The fourth-order valence-electron chi connectivity index (χ4n) is 1.02. The van der Waals surface area contributed by atoms with E-state index in [0.29, 0.717) is 11.3 Å². The Bertz CT molecular complexity index is 445. The zero-order valence-electron chi connectivity index (χ0n) is 7.42. The van der Waals surface area contributed by atoms with E-state index in [0.717, 1.165) is 5.82 Å². The van der Waals surface area contributed by atoms with Crippen LogP contribution in [0.3, 0.4) is 0 Å². The van der Waals surface area contributed by atoms with Gasteiger partial charge in [0.05, 0.1) is 0 Å². The second-order valence-electron chi connectivity index (χ2n) is 2.75. The molecule has 8 heteroatoms. The van der Waals surface area contributed by atoms with Gasteiger partial charge in [0.2, 0.25) is 5.95 Å². The van der Waals surface area contributed by atoms with Crippen molar-refractivity contribution in [1.82, 2.24) is 29.5 Å². The first-order valence-corrected chi connectivity index (χ1v) is 4.65. The van der Waals surface area contributed by atoms with Crippen LogP contribution in [0.2, 0.25) is 0 Å². The summed E-state index contributed by atoms with van der Waals surface area (Å²) in [6, 6.07) is 0. The van der Waals surface area contributed by atoms with Gasteiger partial charge in [-0.15, -0.1) is 15.3 Å². The minimum absolute atomic E-state index is 0.235. The molecule has 0 aliphatic rings. The Hall–Kier alpha value is -1.44. The highest BCUT2D eigenvalue weighted by atomic mass is 79.9. The third-order valence-corrected chi connectivity index (χ3v) is 2.33. The van der Waals surface area contributed by atoms with Crippen LogP contribution in [-0.4, -0.2) is 29.5 Å². The van der Waals surface area contributed by atoms with Gasteiger partial charge in [-0.05, 0) is 15.9 Å². The Morgan fingerprint density at radius 3 is 2.86 bits per heavy atom. The molecule has 2 N–H and O–H groups in total. The second-order valence-corrected chi connectivity index (χ2v) is 3.46. The molecule has 0 aliphatic heterocycles. The highest BCUT2D eigenvalue weighted by molar-refractivity contribution is 9.10. The van der Waals surface area contributed by atoms with Gasteiger partial charge in [-0.2, -0.15) is 4.98 Å². The Morgan fingerprint density at radius 1 is 1.57 bits per heavy atom. The topological polar surface area (TPSA) is 87.4 Å². The van der Waals surface area contributed by atoms with E-state index in [2.05, 4.69) is 36.2 Å². The summed E-state index contributed by atoms with van der Waals surface area (Å²) in [5.74, 6) is 1.02. The van der Waals surface area contributed by atoms with Crippen LogP contribution in [-0.2, 0) is 13.6 Å². The number of rotatable bonds is 2. The fourth-order valence-corrected chi connectivity index (χ4v) is 1.41. The van der Waals surface area contributed by atoms with E-state index in [-0.39, 0.29) is 5.95 Å². The fraction of sp³-hybridized carbons (Fsp3) is 0.333. The van der Waals surface area contributed by atoms with Gasteiger partial charge < -0.3 is 10.3 Å². The van der Waals surface area contributed by atoms with Crippen LogP contribution >= 0.6 is 15.9 Å². The molecule has 2 rings (SSSR count). The molecule has 2 aromatic rings. The Morgan fingerprint density at radius 2 is 2.36 bits per heavy atom. The molecule has 14 heavy (non-hydrogen) atoms. The van der Waals surface area contributed by atoms with E-state index in [1.807, 2.05) is 11.6 Å². The van der Waals surface area contributed by atoms with Gasteiger partial charge in [-0.1, -0.05) is 0 Å². The number of nitrogens with zero attached hydrogens (tertiary/aromatic N) is 6. The maximum atomic E-state index is 5.43. The molecular weight excluding hydrogens is 250 g/mol. The van der Waals surface area contributed by atoms with Crippen LogP contribution in [0.4, 0.5) is 5.95 Å². The van der Waals surface area contributed by atoms with Gasteiger partial charge in [0.25, 0.3) is 0 Å². The van der Waals surface area contributed by atoms with Crippen LogP contribution < -0.4 is 5.73 Å². The molecule has 0 saturated heterocycles. The first-order valence-electron chi connectivity index (χ1n) is 3.85. The molecule has 0 aromatic carbocycles. The normalized spacial score (nSPS) is 10.7. The molecule has 2 aromatic heterocycles. The minimum Gasteiger partial charge on any atom is -0.366 e. The summed E-state index contributed by atoms with van der Waals surface area (Å²) in [7, 11) is 1.86. The number of aromatic nitrogens is 6. The summed E-state index contributed by atoms with van der Waals surface area (Å²) in [6.45, 7) is 0.487. The summed E-state index contributed by atoms with van der Waals surface area (Å²) < 4.78 is 4.00. The standard InChI is InChI=1S/C6H8BrN7/c1-13-3-9-11-4(13)2-14-5(7)10-6(8)12-14/h3H,2H2,1H3,(H2,8,12). The molecule has 7 nitrogen and oxygen atoms in total. The number of hydrogen-bond acceptors (Lipinski definition) is 5. The third-order valence-electron chi connectivity index (χ3n) is 1.74. The van der Waals surface area contributed by atoms with Crippen molar-refractivity contribution in [3.63, 3.8) is 0 Å². The lowest BCUT2D eigenvalue weighted by atomic mass is 10.6. The molecule has 0 atom stereocenters. The largest absolute Gasteiger partial charge is 0.366 e. The van der Waals surface area contributed by atoms with Gasteiger partial charge >= 0.3 is 0 Å². The lowest BCUT2D eigenvalue weighted by molar-refractivity contribution is 0.618. The van der Waals surface area contributed by atoms with E-state index in [4.69, 9.17) is 5.73 Å². The number of hydrogen-bond donors (Lipinski definition) is 1. The predicted octanol–water partition coefficient (Wildman–Crippen LogP) is -0.200. The molecule has 74 valence electrons. The first kappa shape index (κ1) is 9.13. The van der Waals surface area contributed by atoms with E-state index >= 15 is 0 Å². The third kappa shape index (κ3) is 1.60. The van der Waals surface area contributed by atoms with Crippen molar-refractivity contribution < 1.29 is 0 Å². The molecule has 0 bridgehead atoms. The number of halogens is 1. The molecule has 0 fully saturated rings. The molecule has 0 unspecified atom stereocenters. The van der Waals surface area contributed by atoms with E-state index in [9.17, 15) is 0 Å². The van der Waals surface area contributed by atoms with Crippen LogP contribution in [0, 0.1) is 0 Å². The average Bonchev–Trinajstić information content (AvgIpc) is 2.62. The number of anilines is 1. The van der Waals surface area contributed by atoms with E-state index in [1.165, 1.54) is 0 Å². The minimum atomic E-state index is 0.235. The molecule has 0 aliphatic carbocycles. The van der Waals surface area contributed by atoms with Crippen molar-refractivity contribution in [1.29, 1.82) is 0 Å². The van der Waals surface area contributed by atoms with Gasteiger partial charge in [-0.3, -0.25) is 0 Å². The quantitative estimate of drug-likeness (QED) is 0.805. The molecular formula is C6H8BrN7. The average molecular weight is 258 g/mol. The summed E-state index contributed by atoms with van der Waals surface area (Å²) in [5.41, 5.74) is 5.43. The number of nitrogens with two attached hydrogens (primary N) is 1. The Kier molecular flexibility index (Phi) is 2.20. The SMILES string of the molecule is Cn1cnnc1Cn1nc(N)nc1Br. The number of nitrogen functional groups attached to an aromatic ring is 1. The van der Waals surface area contributed by atoms with Crippen molar-refractivity contribution in [3.8, 4) is 0 Å². The van der Waals surface area contributed by atoms with Crippen LogP contribution in [0.15, 0.2) is 11.1 Å². The highest BCUT2D eigenvalue weighted by Gasteiger charge is 2.08. The summed E-state index contributed by atoms with van der Waals surface area (Å²) >= 11 is 3.24. The second kappa shape index (κ2) is 3.37. The Balaban J connectivity index is 2.27. The van der Waals surface area contributed by atoms with Gasteiger partial charge in [0, 0.05) is 7.05 Å². The molecule has 2 heterocycles. The van der Waals surface area contributed by atoms with Crippen molar-refractivity contribution in [2.24, 2.45) is 7.05 Å². The van der Waals surface area contributed by atoms with Crippen molar-refractivity contribution >= 4 is 21.9 Å². The van der Waals surface area contributed by atoms with Crippen molar-refractivity contribution in [2.45, 2.75) is 6.54 Å². The highest BCUT2D eigenvalue weighted by Crippen LogP contribution is 2.09. The lowest BCUT2D eigenvalue weighted by Gasteiger charge is -2.00. The van der Waals surface area contributed by atoms with Crippen LogP contribution in [0.1, 0.15) is 5.82 Å². The van der Waals surface area contributed by atoms with Gasteiger partial charge in [-0.25, -0.2) is 4.68 Å². The smallest absolute Gasteiger partial charge is 0.240 e. The lowest BCUT2D eigenvalue weighted by Crippen LogP contribution is -2.07. The van der Waals surface area contributed by atoms with Crippen LogP contribution in [0.25, 0.3) is 0 Å². The first-order chi connectivity index (χ1) is 6.66. The molecule has 0 saturated carbocycles. The zero-order valence-corrected chi connectivity index (χ0v) is 9.01. The van der Waals surface area contributed by atoms with Crippen molar-refractivity contribution in [3.05, 3.63) is 16.9 Å². The summed E-state index contributed by atoms with van der Waals surface area (Å²) in [6.07, 6.45) is 1.63. The molecule has 0 spiro atoms. The summed E-state index contributed by atoms with van der Waals surface area (Å²) in [4.78, 5) is 3.91. The monoisotopic (exact) mass is 257 g/mol. The Labute approximate surface area is 88.1 Å². The van der Waals surface area contributed by atoms with Crippen molar-refractivity contribution in [2.75, 3.05) is 5.73 Å². The van der Waals surface area contributed by atoms with E-state index < -0.39 is 0 Å². The van der Waals surface area contributed by atoms with E-state index in [1.54, 1.807) is 11.0 Å². The maximum absolute atomic E-state index is 5.43. The zero-order chi connectivity index (χ0) is 10.1. The number of aryl methyl sites for hydroxylation is 1. The van der Waals surface area contributed by atoms with Gasteiger partial charge in [0.1, 0.15) is 12.9 Å².